The van der Waals surface area contributed by atoms with Crippen LogP contribution in [0.15, 0.2) is 18.2 Å². The maximum absolute atomic E-state index is 12.3. The molecule has 1 saturated heterocycles. The van der Waals surface area contributed by atoms with Crippen LogP contribution in [0.1, 0.15) is 29.6 Å². The molecule has 4 nitrogen and oxygen atoms in total. The zero-order valence-electron chi connectivity index (χ0n) is 9.60. The third-order valence-electron chi connectivity index (χ3n) is 3.95. The summed E-state index contributed by atoms with van der Waals surface area (Å²) in [6, 6.07) is 5.14. The molecule has 1 aliphatic carbocycles. The highest BCUT2D eigenvalue weighted by Crippen LogP contribution is 2.38. The smallest absolute Gasteiger partial charge is 0.254 e. The number of anilines is 1. The van der Waals surface area contributed by atoms with E-state index < -0.39 is 0 Å². The minimum atomic E-state index is -0.0137. The number of aromatic hydroxyl groups is 1. The van der Waals surface area contributed by atoms with Crippen LogP contribution in [0, 0.1) is 5.92 Å². The van der Waals surface area contributed by atoms with E-state index in [0.29, 0.717) is 23.2 Å². The van der Waals surface area contributed by atoms with Gasteiger partial charge in [-0.25, -0.2) is 0 Å². The van der Waals surface area contributed by atoms with E-state index in [1.165, 1.54) is 12.5 Å². The summed E-state index contributed by atoms with van der Waals surface area (Å²) >= 11 is 0. The van der Waals surface area contributed by atoms with E-state index >= 15 is 0 Å². The third-order valence-corrected chi connectivity index (χ3v) is 3.95. The molecule has 17 heavy (non-hydrogen) atoms. The van der Waals surface area contributed by atoms with Crippen LogP contribution in [0.2, 0.25) is 0 Å². The molecule has 1 saturated carbocycles. The Balaban J connectivity index is 1.84. The molecule has 3 N–H and O–H groups in total. The molecule has 2 atom stereocenters. The summed E-state index contributed by atoms with van der Waals surface area (Å²) in [5.41, 5.74) is 6.37. The van der Waals surface area contributed by atoms with E-state index in [9.17, 15) is 9.90 Å². The quantitative estimate of drug-likeness (QED) is 0.571. The van der Waals surface area contributed by atoms with Crippen molar-refractivity contribution in [3.05, 3.63) is 23.8 Å². The summed E-state index contributed by atoms with van der Waals surface area (Å²) < 4.78 is 0. The second-order valence-electron chi connectivity index (χ2n) is 5.06. The number of hydrogen-bond acceptors (Lipinski definition) is 3. The Morgan fingerprint density at radius 1 is 1.41 bits per heavy atom. The van der Waals surface area contributed by atoms with Crippen LogP contribution in [-0.4, -0.2) is 28.5 Å². The van der Waals surface area contributed by atoms with E-state index in [1.807, 2.05) is 4.90 Å². The molecule has 0 aromatic heterocycles. The molecule has 2 aliphatic rings. The molecule has 1 amide bonds. The van der Waals surface area contributed by atoms with Crippen molar-refractivity contribution < 1.29 is 9.90 Å². The van der Waals surface area contributed by atoms with Gasteiger partial charge in [0.25, 0.3) is 5.91 Å². The van der Waals surface area contributed by atoms with E-state index in [2.05, 4.69) is 0 Å². The summed E-state index contributed by atoms with van der Waals surface area (Å²) in [5, 5.41) is 9.53. The van der Waals surface area contributed by atoms with Crippen molar-refractivity contribution >= 4 is 11.6 Å². The van der Waals surface area contributed by atoms with Crippen LogP contribution in [0.25, 0.3) is 0 Å². The third kappa shape index (κ3) is 1.64. The van der Waals surface area contributed by atoms with Crippen LogP contribution in [-0.2, 0) is 0 Å². The Hall–Kier alpha value is -1.71. The lowest BCUT2D eigenvalue weighted by atomic mass is 10.1. The fraction of sp³-hybridized carbons (Fsp3) is 0.462. The van der Waals surface area contributed by atoms with Gasteiger partial charge < -0.3 is 15.7 Å². The number of benzene rings is 1. The van der Waals surface area contributed by atoms with Crippen molar-refractivity contribution in [2.45, 2.75) is 25.3 Å². The number of piperidine rings is 1. The zero-order chi connectivity index (χ0) is 12.0. The van der Waals surface area contributed by atoms with Gasteiger partial charge in [0.05, 0.1) is 5.69 Å². The van der Waals surface area contributed by atoms with Crippen molar-refractivity contribution in [1.29, 1.82) is 0 Å². The fourth-order valence-corrected chi connectivity index (χ4v) is 3.02. The van der Waals surface area contributed by atoms with Crippen molar-refractivity contribution in [3.63, 3.8) is 0 Å². The molecule has 4 heteroatoms. The van der Waals surface area contributed by atoms with Crippen LogP contribution < -0.4 is 5.73 Å². The van der Waals surface area contributed by atoms with Gasteiger partial charge >= 0.3 is 0 Å². The first kappa shape index (κ1) is 10.4. The summed E-state index contributed by atoms with van der Waals surface area (Å²) in [6.45, 7) is 0.870. The molecule has 2 bridgehead atoms. The molecular weight excluding hydrogens is 216 g/mol. The molecule has 1 aromatic rings. The van der Waals surface area contributed by atoms with Gasteiger partial charge in [0.2, 0.25) is 0 Å². The van der Waals surface area contributed by atoms with Gasteiger partial charge in [-0.1, -0.05) is 0 Å². The SMILES string of the molecule is Nc1ccc(C(=O)N2CC3CCC2C3)cc1O. The van der Waals surface area contributed by atoms with E-state index in [-0.39, 0.29) is 11.7 Å². The minimum Gasteiger partial charge on any atom is -0.506 e. The van der Waals surface area contributed by atoms with Crippen LogP contribution in [0.4, 0.5) is 5.69 Å². The minimum absolute atomic E-state index is 0.0137. The maximum atomic E-state index is 12.3. The maximum Gasteiger partial charge on any atom is 0.254 e. The number of rotatable bonds is 1. The molecule has 2 fully saturated rings. The van der Waals surface area contributed by atoms with Crippen molar-refractivity contribution in [3.8, 4) is 5.75 Å². The average Bonchev–Trinajstić information content (AvgIpc) is 2.93. The number of amides is 1. The predicted octanol–water partition coefficient (Wildman–Crippen LogP) is 1.60. The molecule has 0 radical (unpaired) electrons. The molecular formula is C13H16N2O2. The Labute approximate surface area is 100 Å². The molecule has 1 aliphatic heterocycles. The topological polar surface area (TPSA) is 66.6 Å². The number of carbonyl (C=O) groups excluding carboxylic acids is 1. The Morgan fingerprint density at radius 3 is 2.82 bits per heavy atom. The Bertz CT molecular complexity index is 472. The number of phenolic OH excluding ortho intramolecular Hbond substituents is 1. The van der Waals surface area contributed by atoms with E-state index in [1.54, 1.807) is 12.1 Å². The van der Waals surface area contributed by atoms with Crippen molar-refractivity contribution in [1.82, 2.24) is 4.90 Å². The first-order valence-corrected chi connectivity index (χ1v) is 6.04. The Morgan fingerprint density at radius 2 is 2.24 bits per heavy atom. The Kier molecular flexibility index (Phi) is 2.24. The van der Waals surface area contributed by atoms with Crippen LogP contribution >= 0.6 is 0 Å². The lowest BCUT2D eigenvalue weighted by Gasteiger charge is -2.27. The number of nitrogen functional groups attached to an aromatic ring is 1. The average molecular weight is 232 g/mol. The molecule has 3 rings (SSSR count). The summed E-state index contributed by atoms with van der Waals surface area (Å²) in [7, 11) is 0. The number of nitrogens with zero attached hydrogens (tertiary/aromatic N) is 1. The van der Waals surface area contributed by atoms with Gasteiger partial charge in [-0.05, 0) is 43.4 Å². The fourth-order valence-electron chi connectivity index (χ4n) is 3.02. The summed E-state index contributed by atoms with van der Waals surface area (Å²) in [5.74, 6) is 0.694. The highest BCUT2D eigenvalue weighted by Gasteiger charge is 2.40. The lowest BCUT2D eigenvalue weighted by molar-refractivity contribution is 0.0703. The number of hydrogen-bond donors (Lipinski definition) is 2. The lowest BCUT2D eigenvalue weighted by Crippen LogP contribution is -2.37. The predicted molar refractivity (Wildman–Crippen MR) is 64.7 cm³/mol. The number of nitrogens with two attached hydrogens (primary N) is 1. The van der Waals surface area contributed by atoms with Gasteiger partial charge in [0.1, 0.15) is 5.75 Å². The van der Waals surface area contributed by atoms with Crippen LogP contribution in [0.5, 0.6) is 5.75 Å². The molecule has 1 heterocycles. The van der Waals surface area contributed by atoms with Gasteiger partial charge in [-0.3, -0.25) is 4.79 Å². The standard InChI is InChI=1S/C13H16N2O2/c14-11-4-2-9(6-12(11)16)13(17)15-7-8-1-3-10(15)5-8/h2,4,6,8,10,16H,1,3,5,7,14H2. The van der Waals surface area contributed by atoms with E-state index in [4.69, 9.17) is 5.73 Å². The first-order chi connectivity index (χ1) is 8.15. The largest absolute Gasteiger partial charge is 0.506 e. The van der Waals surface area contributed by atoms with Gasteiger partial charge in [-0.2, -0.15) is 0 Å². The number of carbonyl (C=O) groups is 1. The zero-order valence-corrected chi connectivity index (χ0v) is 9.60. The summed E-state index contributed by atoms with van der Waals surface area (Å²) in [4.78, 5) is 14.2. The van der Waals surface area contributed by atoms with Crippen molar-refractivity contribution in [2.24, 2.45) is 5.92 Å². The molecule has 2 unspecified atom stereocenters. The highest BCUT2D eigenvalue weighted by atomic mass is 16.3. The monoisotopic (exact) mass is 232 g/mol. The number of fused-ring (bicyclic) bond motifs is 2. The second-order valence-corrected chi connectivity index (χ2v) is 5.06. The number of likely N-dealkylation sites (tertiary alicyclic amines) is 1. The van der Waals surface area contributed by atoms with Gasteiger partial charge in [0, 0.05) is 18.2 Å². The second kappa shape index (κ2) is 3.65. The molecule has 90 valence electrons. The van der Waals surface area contributed by atoms with Gasteiger partial charge in [-0.15, -0.1) is 0 Å². The normalized spacial score (nSPS) is 26.5. The summed E-state index contributed by atoms with van der Waals surface area (Å²) in [6.07, 6.45) is 3.52. The number of phenols is 1. The van der Waals surface area contributed by atoms with Gasteiger partial charge in [0.15, 0.2) is 0 Å². The molecule has 1 aromatic carbocycles. The first-order valence-electron chi connectivity index (χ1n) is 6.04. The van der Waals surface area contributed by atoms with Crippen molar-refractivity contribution in [2.75, 3.05) is 12.3 Å². The van der Waals surface area contributed by atoms with Crippen LogP contribution in [0.3, 0.4) is 0 Å². The molecule has 0 spiro atoms. The van der Waals surface area contributed by atoms with E-state index in [0.717, 1.165) is 19.4 Å². The highest BCUT2D eigenvalue weighted by molar-refractivity contribution is 5.95.